The van der Waals surface area contributed by atoms with E-state index in [1.165, 1.54) is 12.1 Å². The minimum atomic E-state index is -4.75. The molecule has 0 spiro atoms. The Labute approximate surface area is 81.9 Å². The molecule has 0 bridgehead atoms. The molecule has 0 amide bonds. The summed E-state index contributed by atoms with van der Waals surface area (Å²) in [5.41, 5.74) is 0. The van der Waals surface area contributed by atoms with Crippen molar-refractivity contribution in [1.29, 1.82) is 0 Å². The fraction of sp³-hybridized carbons (Fsp3) is 0.375. The molecule has 0 N–H and O–H groups in total. The van der Waals surface area contributed by atoms with Crippen molar-refractivity contribution >= 4 is 10.2 Å². The van der Waals surface area contributed by atoms with E-state index in [-0.39, 0.29) is 12.0 Å². The van der Waals surface area contributed by atoms with Gasteiger partial charge in [0, 0.05) is 6.07 Å². The van der Waals surface area contributed by atoms with E-state index < -0.39 is 15.2 Å². The average Bonchev–Trinajstić information content (AvgIpc) is 2.01. The first-order valence-corrected chi connectivity index (χ1v) is 5.36. The maximum Gasteiger partial charge on any atom is 0.349 e. The molecular weight excluding hydrogens is 209 g/mol. The molecule has 0 unspecified atom stereocenters. The number of aromatic nitrogens is 1. The lowest BCUT2D eigenvalue weighted by Gasteiger charge is -2.08. The van der Waals surface area contributed by atoms with Gasteiger partial charge in [-0.1, -0.05) is 9.95 Å². The van der Waals surface area contributed by atoms with Crippen LogP contribution in [0.25, 0.3) is 0 Å². The van der Waals surface area contributed by atoms with E-state index in [1.807, 2.05) is 0 Å². The molecule has 0 radical (unpaired) electrons. The molecule has 0 fully saturated rings. The van der Waals surface area contributed by atoms with E-state index in [1.54, 1.807) is 13.8 Å². The summed E-state index contributed by atoms with van der Waals surface area (Å²) in [4.78, 5) is 3.50. The van der Waals surface area contributed by atoms with Crippen molar-refractivity contribution in [2.75, 3.05) is 0 Å². The highest BCUT2D eigenvalue weighted by molar-refractivity contribution is 7.86. The first-order valence-electron chi connectivity index (χ1n) is 3.98. The lowest BCUT2D eigenvalue weighted by Crippen LogP contribution is -2.08. The number of rotatable bonds is 3. The van der Waals surface area contributed by atoms with Gasteiger partial charge in [-0.3, -0.25) is 0 Å². The van der Waals surface area contributed by atoms with Crippen molar-refractivity contribution in [3.8, 4) is 5.88 Å². The molecule has 1 heterocycles. The molecule has 14 heavy (non-hydrogen) atoms. The molecular formula is C8H10FNO3S. The van der Waals surface area contributed by atoms with E-state index in [0.717, 1.165) is 6.07 Å². The van der Waals surface area contributed by atoms with E-state index in [0.29, 0.717) is 0 Å². The Morgan fingerprint density at radius 2 is 2.07 bits per heavy atom. The highest BCUT2D eigenvalue weighted by Crippen LogP contribution is 2.14. The predicted octanol–water partition coefficient (Wildman–Crippen LogP) is 1.53. The number of nitrogens with zero attached hydrogens (tertiary/aromatic N) is 1. The number of hydrogen-bond acceptors (Lipinski definition) is 4. The monoisotopic (exact) mass is 219 g/mol. The average molecular weight is 219 g/mol. The number of hydrogen-bond donors (Lipinski definition) is 0. The van der Waals surface area contributed by atoms with E-state index in [4.69, 9.17) is 4.74 Å². The quantitative estimate of drug-likeness (QED) is 0.723. The fourth-order valence-corrected chi connectivity index (χ4v) is 1.28. The van der Waals surface area contributed by atoms with Crippen molar-refractivity contribution in [2.24, 2.45) is 0 Å². The normalized spacial score (nSPS) is 11.7. The van der Waals surface area contributed by atoms with Gasteiger partial charge < -0.3 is 4.74 Å². The first kappa shape index (κ1) is 10.9. The van der Waals surface area contributed by atoms with Crippen molar-refractivity contribution < 1.29 is 17.0 Å². The highest BCUT2D eigenvalue weighted by Gasteiger charge is 2.14. The van der Waals surface area contributed by atoms with Gasteiger partial charge >= 0.3 is 10.2 Å². The van der Waals surface area contributed by atoms with Crippen molar-refractivity contribution in [1.82, 2.24) is 4.98 Å². The molecule has 0 atom stereocenters. The van der Waals surface area contributed by atoms with Crippen molar-refractivity contribution in [3.05, 3.63) is 18.2 Å². The Morgan fingerprint density at radius 3 is 2.57 bits per heavy atom. The summed E-state index contributed by atoms with van der Waals surface area (Å²) >= 11 is 0. The number of pyridine rings is 1. The van der Waals surface area contributed by atoms with Gasteiger partial charge in [-0.2, -0.15) is 13.4 Å². The van der Waals surface area contributed by atoms with Gasteiger partial charge in [0.1, 0.15) is 0 Å². The maximum atomic E-state index is 12.5. The maximum absolute atomic E-state index is 12.5. The van der Waals surface area contributed by atoms with Gasteiger partial charge in [0.15, 0.2) is 5.03 Å². The smallest absolute Gasteiger partial charge is 0.349 e. The van der Waals surface area contributed by atoms with Crippen LogP contribution in [0.3, 0.4) is 0 Å². The molecule has 0 saturated carbocycles. The van der Waals surface area contributed by atoms with Gasteiger partial charge in [0.05, 0.1) is 6.10 Å². The van der Waals surface area contributed by atoms with E-state index in [2.05, 4.69) is 4.98 Å². The molecule has 0 aliphatic carbocycles. The number of halogens is 1. The van der Waals surface area contributed by atoms with Crippen LogP contribution in [-0.4, -0.2) is 19.5 Å². The van der Waals surface area contributed by atoms with Crippen molar-refractivity contribution in [3.63, 3.8) is 0 Å². The minimum Gasteiger partial charge on any atom is -0.475 e. The van der Waals surface area contributed by atoms with Crippen LogP contribution in [0.5, 0.6) is 5.88 Å². The zero-order valence-electron chi connectivity index (χ0n) is 7.77. The molecule has 0 aliphatic heterocycles. The summed E-state index contributed by atoms with van der Waals surface area (Å²) in [6, 6.07) is 3.91. The Hall–Kier alpha value is -1.17. The molecule has 0 aliphatic rings. The second-order valence-corrected chi connectivity index (χ2v) is 4.21. The SMILES string of the molecule is CC(C)Oc1cccc(S(=O)(=O)F)n1. The Kier molecular flexibility index (Phi) is 3.05. The molecule has 0 aromatic carbocycles. The summed E-state index contributed by atoms with van der Waals surface area (Å²) in [5.74, 6) is 0.0960. The third-order valence-corrected chi connectivity index (χ3v) is 2.03. The van der Waals surface area contributed by atoms with Crippen LogP contribution in [0.2, 0.25) is 0 Å². The first-order chi connectivity index (χ1) is 6.39. The minimum absolute atomic E-state index is 0.0960. The van der Waals surface area contributed by atoms with Gasteiger partial charge in [-0.15, -0.1) is 0 Å². The lowest BCUT2D eigenvalue weighted by atomic mass is 10.4. The van der Waals surface area contributed by atoms with Gasteiger partial charge in [0.25, 0.3) is 0 Å². The Balaban J connectivity index is 3.02. The van der Waals surface area contributed by atoms with Gasteiger partial charge in [0.2, 0.25) is 5.88 Å². The Bertz CT molecular complexity index is 416. The van der Waals surface area contributed by atoms with Crippen LogP contribution in [0.15, 0.2) is 23.2 Å². The molecule has 1 aromatic rings. The van der Waals surface area contributed by atoms with Gasteiger partial charge in [-0.05, 0) is 19.9 Å². The third-order valence-electron chi connectivity index (χ3n) is 1.30. The van der Waals surface area contributed by atoms with Crippen molar-refractivity contribution in [2.45, 2.75) is 25.0 Å². The van der Waals surface area contributed by atoms with Gasteiger partial charge in [-0.25, -0.2) is 0 Å². The molecule has 78 valence electrons. The largest absolute Gasteiger partial charge is 0.475 e. The summed E-state index contributed by atoms with van der Waals surface area (Å²) in [6.07, 6.45) is -0.139. The second kappa shape index (κ2) is 3.91. The topological polar surface area (TPSA) is 56.3 Å². The second-order valence-electron chi connectivity index (χ2n) is 2.92. The zero-order valence-corrected chi connectivity index (χ0v) is 8.58. The zero-order chi connectivity index (χ0) is 10.8. The molecule has 1 rings (SSSR count). The third kappa shape index (κ3) is 2.95. The molecule has 0 saturated heterocycles. The van der Waals surface area contributed by atoms with Crippen LogP contribution < -0.4 is 4.74 Å². The summed E-state index contributed by atoms with van der Waals surface area (Å²) < 4.78 is 38.6. The van der Waals surface area contributed by atoms with E-state index in [9.17, 15) is 12.3 Å². The summed E-state index contributed by atoms with van der Waals surface area (Å²) in [5, 5.41) is -0.629. The summed E-state index contributed by atoms with van der Waals surface area (Å²) in [6.45, 7) is 3.52. The van der Waals surface area contributed by atoms with E-state index >= 15 is 0 Å². The van der Waals surface area contributed by atoms with Crippen LogP contribution in [0.4, 0.5) is 3.89 Å². The molecule has 6 heteroatoms. The number of ether oxygens (including phenoxy) is 1. The van der Waals surface area contributed by atoms with Crippen LogP contribution in [-0.2, 0) is 10.2 Å². The van der Waals surface area contributed by atoms with Crippen LogP contribution in [0, 0.1) is 0 Å². The predicted molar refractivity (Wildman–Crippen MR) is 48.3 cm³/mol. The lowest BCUT2D eigenvalue weighted by molar-refractivity contribution is 0.231. The van der Waals surface area contributed by atoms with Crippen LogP contribution >= 0.6 is 0 Å². The van der Waals surface area contributed by atoms with Crippen LogP contribution in [0.1, 0.15) is 13.8 Å². The summed E-state index contributed by atoms with van der Waals surface area (Å²) in [7, 11) is -4.75. The molecule has 1 aromatic heterocycles. The Morgan fingerprint density at radius 1 is 1.43 bits per heavy atom. The standard InChI is InChI=1S/C8H10FNO3S/c1-6(2)13-7-4-3-5-8(10-7)14(9,11)12/h3-6H,1-2H3. The fourth-order valence-electron chi connectivity index (χ4n) is 0.839. The molecule has 4 nitrogen and oxygen atoms in total. The highest BCUT2D eigenvalue weighted by atomic mass is 32.3.